The van der Waals surface area contributed by atoms with Crippen LogP contribution in [0, 0.1) is 21.7 Å². The number of nitrogens with one attached hydrogen (secondary N) is 2. The number of carbonyl (C=O) groups is 1. The number of rotatable bonds is 4. The molecule has 2 N–H and O–H groups in total. The van der Waals surface area contributed by atoms with Crippen LogP contribution in [0.4, 0.5) is 25.8 Å². The zero-order valence-corrected chi connectivity index (χ0v) is 13.8. The molecule has 1 amide bonds. The molecule has 2 aromatic carbocycles. The lowest BCUT2D eigenvalue weighted by Gasteiger charge is -2.18. The largest absolute Gasteiger partial charge is 0.326 e. The van der Waals surface area contributed by atoms with Crippen molar-refractivity contribution in [3.8, 4) is 0 Å². The highest BCUT2D eigenvalue weighted by Crippen LogP contribution is 2.30. The van der Waals surface area contributed by atoms with Crippen molar-refractivity contribution in [2.24, 2.45) is 0 Å². The first kappa shape index (κ1) is 17.7. The van der Waals surface area contributed by atoms with Gasteiger partial charge in [0.05, 0.1) is 10.6 Å². The number of nitro groups is 1. The maximum absolute atomic E-state index is 14.2. The molecule has 0 atom stereocenters. The fourth-order valence-electron chi connectivity index (χ4n) is 2.51. The molecule has 3 rings (SSSR count). The van der Waals surface area contributed by atoms with Crippen LogP contribution in [-0.4, -0.2) is 19.2 Å². The second-order valence-electron chi connectivity index (χ2n) is 5.52. The summed E-state index contributed by atoms with van der Waals surface area (Å²) in [7, 11) is -4.43. The zero-order chi connectivity index (χ0) is 19.1. The summed E-state index contributed by atoms with van der Waals surface area (Å²) in [5, 5.41) is 13.2. The Bertz CT molecular complexity index is 1040. The van der Waals surface area contributed by atoms with Crippen LogP contribution in [0.3, 0.4) is 0 Å². The SMILES string of the molecule is O=C1CCc2cc(S(=O)(=O)Nc3ccc(F)c([N+](=O)[O-])c3)c(F)cc2N1. The minimum absolute atomic E-state index is 0.135. The number of amides is 1. The molecule has 1 aliphatic heterocycles. The minimum atomic E-state index is -4.43. The average molecular weight is 383 g/mol. The van der Waals surface area contributed by atoms with E-state index >= 15 is 0 Å². The first-order chi connectivity index (χ1) is 12.2. The molecule has 26 heavy (non-hydrogen) atoms. The lowest BCUT2D eigenvalue weighted by Crippen LogP contribution is -2.21. The Kier molecular flexibility index (Phi) is 4.32. The van der Waals surface area contributed by atoms with E-state index in [1.807, 2.05) is 4.72 Å². The van der Waals surface area contributed by atoms with Crippen molar-refractivity contribution in [2.45, 2.75) is 17.7 Å². The fourth-order valence-corrected chi connectivity index (χ4v) is 3.67. The van der Waals surface area contributed by atoms with Crippen LogP contribution in [-0.2, 0) is 21.2 Å². The highest BCUT2D eigenvalue weighted by atomic mass is 32.2. The van der Waals surface area contributed by atoms with Gasteiger partial charge in [-0.25, -0.2) is 12.8 Å². The Labute approximate surface area is 146 Å². The van der Waals surface area contributed by atoms with Crippen LogP contribution in [0.2, 0.25) is 0 Å². The normalized spacial score (nSPS) is 13.7. The van der Waals surface area contributed by atoms with Gasteiger partial charge < -0.3 is 5.32 Å². The van der Waals surface area contributed by atoms with Crippen LogP contribution in [0.15, 0.2) is 35.2 Å². The standard InChI is InChI=1S/C15H11F2N3O5S/c16-10-3-2-9(6-13(10)20(22)23)19-26(24,25)14-5-8-1-4-15(21)18-12(8)7-11(14)17/h2-3,5-7,19H,1,4H2,(H,18,21). The molecular formula is C15H11F2N3O5S. The molecule has 0 saturated carbocycles. The van der Waals surface area contributed by atoms with E-state index in [1.54, 1.807) is 0 Å². The highest BCUT2D eigenvalue weighted by molar-refractivity contribution is 7.92. The number of carbonyl (C=O) groups excluding carboxylic acids is 1. The molecule has 0 radical (unpaired) electrons. The van der Waals surface area contributed by atoms with Gasteiger partial charge in [-0.3, -0.25) is 19.6 Å². The number of nitro benzene ring substituents is 1. The van der Waals surface area contributed by atoms with Crippen molar-refractivity contribution in [3.63, 3.8) is 0 Å². The number of nitrogens with zero attached hydrogens (tertiary/aromatic N) is 1. The second-order valence-corrected chi connectivity index (χ2v) is 7.17. The third-order valence-corrected chi connectivity index (χ3v) is 5.13. The molecule has 0 aromatic heterocycles. The third-order valence-electron chi connectivity index (χ3n) is 3.74. The van der Waals surface area contributed by atoms with Crippen LogP contribution in [0.25, 0.3) is 0 Å². The third kappa shape index (κ3) is 3.33. The van der Waals surface area contributed by atoms with Gasteiger partial charge >= 0.3 is 5.69 Å². The minimum Gasteiger partial charge on any atom is -0.326 e. The maximum atomic E-state index is 14.2. The number of benzene rings is 2. The van der Waals surface area contributed by atoms with Crippen molar-refractivity contribution >= 4 is 33.0 Å². The Morgan fingerprint density at radius 3 is 2.54 bits per heavy atom. The maximum Gasteiger partial charge on any atom is 0.306 e. The molecule has 1 aliphatic rings. The lowest BCUT2D eigenvalue weighted by molar-refractivity contribution is -0.387. The van der Waals surface area contributed by atoms with Gasteiger partial charge in [0.1, 0.15) is 10.7 Å². The first-order valence-electron chi connectivity index (χ1n) is 7.26. The van der Waals surface area contributed by atoms with Crippen LogP contribution in [0.5, 0.6) is 0 Å². The van der Waals surface area contributed by atoms with Crippen LogP contribution < -0.4 is 10.0 Å². The predicted molar refractivity (Wildman–Crippen MR) is 87.2 cm³/mol. The summed E-state index contributed by atoms with van der Waals surface area (Å²) in [6.07, 6.45) is 0.377. The van der Waals surface area contributed by atoms with Gasteiger partial charge in [-0.1, -0.05) is 0 Å². The van der Waals surface area contributed by atoms with Crippen molar-refractivity contribution in [3.05, 3.63) is 57.6 Å². The van der Waals surface area contributed by atoms with E-state index in [4.69, 9.17) is 0 Å². The fraction of sp³-hybridized carbons (Fsp3) is 0.133. The number of hydrogen-bond donors (Lipinski definition) is 2. The number of sulfonamides is 1. The topological polar surface area (TPSA) is 118 Å². The smallest absolute Gasteiger partial charge is 0.306 e. The van der Waals surface area contributed by atoms with E-state index in [0.29, 0.717) is 11.6 Å². The Morgan fingerprint density at radius 1 is 1.12 bits per heavy atom. The molecule has 2 aromatic rings. The summed E-state index contributed by atoms with van der Waals surface area (Å²) in [5.41, 5.74) is -0.575. The molecular weight excluding hydrogens is 372 g/mol. The van der Waals surface area contributed by atoms with Crippen molar-refractivity contribution in [2.75, 3.05) is 10.0 Å². The molecule has 11 heteroatoms. The molecule has 0 fully saturated rings. The van der Waals surface area contributed by atoms with E-state index in [-0.39, 0.29) is 30.1 Å². The van der Waals surface area contributed by atoms with Gasteiger partial charge in [0, 0.05) is 18.2 Å². The second kappa shape index (κ2) is 6.33. The summed E-state index contributed by atoms with van der Waals surface area (Å²) < 4.78 is 54.4. The van der Waals surface area contributed by atoms with E-state index in [0.717, 1.165) is 24.3 Å². The van der Waals surface area contributed by atoms with Crippen molar-refractivity contribution < 1.29 is 26.9 Å². The molecule has 0 spiro atoms. The highest BCUT2D eigenvalue weighted by Gasteiger charge is 2.25. The van der Waals surface area contributed by atoms with Gasteiger partial charge in [-0.2, -0.15) is 4.39 Å². The number of fused-ring (bicyclic) bond motifs is 1. The zero-order valence-electron chi connectivity index (χ0n) is 13.0. The number of hydrogen-bond acceptors (Lipinski definition) is 5. The summed E-state index contributed by atoms with van der Waals surface area (Å²) in [6, 6.07) is 4.40. The molecule has 8 nitrogen and oxygen atoms in total. The molecule has 0 bridgehead atoms. The monoisotopic (exact) mass is 383 g/mol. The average Bonchev–Trinajstić information content (AvgIpc) is 2.55. The van der Waals surface area contributed by atoms with Crippen molar-refractivity contribution in [1.82, 2.24) is 0 Å². The summed E-state index contributed by atoms with van der Waals surface area (Å²) in [6.45, 7) is 0. The van der Waals surface area contributed by atoms with Gasteiger partial charge in [-0.15, -0.1) is 0 Å². The van der Waals surface area contributed by atoms with E-state index < -0.39 is 37.2 Å². The Morgan fingerprint density at radius 2 is 1.85 bits per heavy atom. The molecule has 0 unspecified atom stereocenters. The number of anilines is 2. The van der Waals surface area contributed by atoms with Gasteiger partial charge in [0.2, 0.25) is 11.7 Å². The summed E-state index contributed by atoms with van der Waals surface area (Å²) >= 11 is 0. The Hall–Kier alpha value is -3.08. The van der Waals surface area contributed by atoms with E-state index in [1.165, 1.54) is 0 Å². The quantitative estimate of drug-likeness (QED) is 0.621. The van der Waals surface area contributed by atoms with Crippen LogP contribution >= 0.6 is 0 Å². The summed E-state index contributed by atoms with van der Waals surface area (Å²) in [5.74, 6) is -2.53. The van der Waals surface area contributed by atoms with Crippen molar-refractivity contribution in [1.29, 1.82) is 0 Å². The molecule has 0 aliphatic carbocycles. The number of halogens is 2. The molecule has 0 saturated heterocycles. The Balaban J connectivity index is 1.98. The number of aryl methyl sites for hydroxylation is 1. The lowest BCUT2D eigenvalue weighted by atomic mass is 10.0. The van der Waals surface area contributed by atoms with Gasteiger partial charge in [-0.05, 0) is 36.2 Å². The predicted octanol–water partition coefficient (Wildman–Crippen LogP) is 2.56. The summed E-state index contributed by atoms with van der Waals surface area (Å²) in [4.78, 5) is 20.4. The van der Waals surface area contributed by atoms with Crippen LogP contribution in [0.1, 0.15) is 12.0 Å². The van der Waals surface area contributed by atoms with Gasteiger partial charge in [0.25, 0.3) is 10.0 Å². The van der Waals surface area contributed by atoms with E-state index in [2.05, 4.69) is 5.32 Å². The molecule has 136 valence electrons. The van der Waals surface area contributed by atoms with E-state index in [9.17, 15) is 32.1 Å². The molecule has 1 heterocycles. The first-order valence-corrected chi connectivity index (χ1v) is 8.75. The van der Waals surface area contributed by atoms with Gasteiger partial charge in [0.15, 0.2) is 0 Å².